The molecule has 0 unspecified atom stereocenters. The predicted octanol–water partition coefficient (Wildman–Crippen LogP) is 2.53. The second-order valence-electron chi connectivity index (χ2n) is 4.87. The van der Waals surface area contributed by atoms with Crippen LogP contribution in [-0.2, 0) is 11.8 Å². The zero-order valence-corrected chi connectivity index (χ0v) is 8.96. The van der Waals surface area contributed by atoms with Crippen LogP contribution in [0.4, 0.5) is 5.69 Å². The Labute approximate surface area is 84.9 Å². The summed E-state index contributed by atoms with van der Waals surface area (Å²) >= 11 is 0. The summed E-state index contributed by atoms with van der Waals surface area (Å²) in [5, 5.41) is 0. The van der Waals surface area contributed by atoms with Gasteiger partial charge in [0.25, 0.3) is 0 Å². The van der Waals surface area contributed by atoms with E-state index in [0.29, 0.717) is 0 Å². The fourth-order valence-electron chi connectivity index (χ4n) is 1.67. The van der Waals surface area contributed by atoms with Gasteiger partial charge < -0.3 is 5.73 Å². The van der Waals surface area contributed by atoms with Crippen LogP contribution in [0.15, 0.2) is 23.2 Å². The minimum absolute atomic E-state index is 0.182. The second kappa shape index (κ2) is 2.84. The van der Waals surface area contributed by atoms with Gasteiger partial charge in [-0.3, -0.25) is 0 Å². The van der Waals surface area contributed by atoms with Gasteiger partial charge in [-0.25, -0.2) is 4.99 Å². The molecule has 1 heterocycles. The summed E-state index contributed by atoms with van der Waals surface area (Å²) < 4.78 is 0. The number of aliphatic imine (C=N–C) groups is 1. The first-order valence-corrected chi connectivity index (χ1v) is 4.93. The molecule has 2 N–H and O–H groups in total. The van der Waals surface area contributed by atoms with Crippen LogP contribution < -0.4 is 5.73 Å². The van der Waals surface area contributed by atoms with Crippen molar-refractivity contribution in [3.05, 3.63) is 29.3 Å². The molecule has 0 aliphatic carbocycles. The Morgan fingerprint density at radius 3 is 2.64 bits per heavy atom. The van der Waals surface area contributed by atoms with Crippen molar-refractivity contribution in [2.75, 3.05) is 0 Å². The average Bonchev–Trinajstić information content (AvgIpc) is 2.41. The summed E-state index contributed by atoms with van der Waals surface area (Å²) in [7, 11) is 0. The van der Waals surface area contributed by atoms with Crippen LogP contribution in [0.25, 0.3) is 0 Å². The maximum absolute atomic E-state index is 5.69. The predicted molar refractivity (Wildman–Crippen MR) is 60.1 cm³/mol. The molecule has 1 aromatic rings. The van der Waals surface area contributed by atoms with E-state index in [1.54, 1.807) is 0 Å². The van der Waals surface area contributed by atoms with Crippen molar-refractivity contribution in [3.8, 4) is 0 Å². The summed E-state index contributed by atoms with van der Waals surface area (Å²) in [6.07, 6.45) is 0.805. The van der Waals surface area contributed by atoms with Crippen LogP contribution in [0.1, 0.15) is 31.9 Å². The third-order valence-electron chi connectivity index (χ3n) is 2.59. The molecule has 0 radical (unpaired) electrons. The summed E-state index contributed by atoms with van der Waals surface area (Å²) in [4.78, 5) is 4.32. The molecule has 1 aliphatic rings. The van der Waals surface area contributed by atoms with Crippen LogP contribution in [0.5, 0.6) is 0 Å². The number of fused-ring (bicyclic) bond motifs is 1. The molecule has 0 bridgehead atoms. The lowest BCUT2D eigenvalue weighted by atomic mass is 9.86. The highest BCUT2D eigenvalue weighted by Gasteiger charge is 2.18. The van der Waals surface area contributed by atoms with Gasteiger partial charge in [-0.2, -0.15) is 0 Å². The van der Waals surface area contributed by atoms with Crippen molar-refractivity contribution < 1.29 is 0 Å². The van der Waals surface area contributed by atoms with Gasteiger partial charge in [0.15, 0.2) is 0 Å². The van der Waals surface area contributed by atoms with Crippen molar-refractivity contribution in [1.82, 2.24) is 0 Å². The molecule has 0 saturated carbocycles. The highest BCUT2D eigenvalue weighted by Crippen LogP contribution is 2.31. The van der Waals surface area contributed by atoms with Crippen LogP contribution in [0, 0.1) is 0 Å². The lowest BCUT2D eigenvalue weighted by Gasteiger charge is -2.19. The zero-order valence-electron chi connectivity index (χ0n) is 8.96. The lowest BCUT2D eigenvalue weighted by molar-refractivity contribution is 0.590. The molecule has 0 atom stereocenters. The molecule has 1 aromatic carbocycles. The van der Waals surface area contributed by atoms with E-state index < -0.39 is 0 Å². The Morgan fingerprint density at radius 2 is 2.00 bits per heavy atom. The number of nitrogens with two attached hydrogens (primary N) is 1. The van der Waals surface area contributed by atoms with Crippen molar-refractivity contribution >= 4 is 11.5 Å². The minimum atomic E-state index is 0.182. The number of hydrogen-bond donors (Lipinski definition) is 1. The zero-order chi connectivity index (χ0) is 10.3. The van der Waals surface area contributed by atoms with Crippen LogP contribution >= 0.6 is 0 Å². The van der Waals surface area contributed by atoms with Crippen molar-refractivity contribution in [3.63, 3.8) is 0 Å². The summed E-state index contributed by atoms with van der Waals surface area (Å²) in [5.74, 6) is 0.728. The van der Waals surface area contributed by atoms with Crippen LogP contribution in [0.3, 0.4) is 0 Å². The molecule has 0 amide bonds. The number of amidine groups is 1. The highest BCUT2D eigenvalue weighted by atomic mass is 14.9. The average molecular weight is 188 g/mol. The van der Waals surface area contributed by atoms with Gasteiger partial charge in [0, 0.05) is 6.42 Å². The SMILES string of the molecule is CC(C)(C)c1ccc2c(c1)N=C(N)C2. The van der Waals surface area contributed by atoms with E-state index in [2.05, 4.69) is 44.0 Å². The van der Waals surface area contributed by atoms with Crippen molar-refractivity contribution in [2.24, 2.45) is 10.7 Å². The molecule has 74 valence electrons. The van der Waals surface area contributed by atoms with E-state index in [-0.39, 0.29) is 5.41 Å². The maximum Gasteiger partial charge on any atom is 0.104 e. The molecule has 2 heteroatoms. The molecule has 1 aliphatic heterocycles. The molecule has 0 spiro atoms. The van der Waals surface area contributed by atoms with Crippen molar-refractivity contribution in [2.45, 2.75) is 32.6 Å². The topological polar surface area (TPSA) is 38.4 Å². The monoisotopic (exact) mass is 188 g/mol. The van der Waals surface area contributed by atoms with Gasteiger partial charge in [-0.1, -0.05) is 32.9 Å². The molecule has 0 aromatic heterocycles. The maximum atomic E-state index is 5.69. The molecule has 0 fully saturated rings. The molecule has 2 rings (SSSR count). The molecule has 14 heavy (non-hydrogen) atoms. The first-order chi connectivity index (χ1) is 6.47. The molecule has 0 saturated heterocycles. The van der Waals surface area contributed by atoms with E-state index in [1.165, 1.54) is 11.1 Å². The minimum Gasteiger partial charge on any atom is -0.387 e. The second-order valence-corrected chi connectivity index (χ2v) is 4.87. The standard InChI is InChI=1S/C12H16N2/c1-12(2,3)9-5-4-8-6-11(13)14-10(8)7-9/h4-5,7H,6H2,1-3H3,(H2,13,14). The molecule has 2 nitrogen and oxygen atoms in total. The van der Waals surface area contributed by atoms with E-state index >= 15 is 0 Å². The van der Waals surface area contributed by atoms with Gasteiger partial charge in [0.2, 0.25) is 0 Å². The highest BCUT2D eigenvalue weighted by molar-refractivity contribution is 5.90. The van der Waals surface area contributed by atoms with Gasteiger partial charge in [-0.15, -0.1) is 0 Å². The van der Waals surface area contributed by atoms with Crippen LogP contribution in [0.2, 0.25) is 0 Å². The number of rotatable bonds is 0. The van der Waals surface area contributed by atoms with Gasteiger partial charge in [0.05, 0.1) is 5.69 Å². The van der Waals surface area contributed by atoms with Gasteiger partial charge >= 0.3 is 0 Å². The first-order valence-electron chi connectivity index (χ1n) is 4.93. The Bertz CT molecular complexity index is 397. The fraction of sp³-hybridized carbons (Fsp3) is 0.417. The third-order valence-corrected chi connectivity index (χ3v) is 2.59. The Kier molecular flexibility index (Phi) is 1.88. The smallest absolute Gasteiger partial charge is 0.104 e. The van der Waals surface area contributed by atoms with E-state index in [4.69, 9.17) is 5.73 Å². The Hall–Kier alpha value is -1.31. The fourth-order valence-corrected chi connectivity index (χ4v) is 1.67. The summed E-state index contributed by atoms with van der Waals surface area (Å²) in [5.41, 5.74) is 9.49. The third kappa shape index (κ3) is 1.52. The number of nitrogens with zero attached hydrogens (tertiary/aromatic N) is 1. The Balaban J connectivity index is 2.46. The number of benzene rings is 1. The van der Waals surface area contributed by atoms with E-state index in [9.17, 15) is 0 Å². The summed E-state index contributed by atoms with van der Waals surface area (Å²) in [6, 6.07) is 6.46. The normalized spacial score (nSPS) is 15.2. The largest absolute Gasteiger partial charge is 0.387 e. The van der Waals surface area contributed by atoms with E-state index in [0.717, 1.165) is 17.9 Å². The first kappa shape index (κ1) is 9.25. The molecular formula is C12H16N2. The van der Waals surface area contributed by atoms with Gasteiger partial charge in [0.1, 0.15) is 5.84 Å². The van der Waals surface area contributed by atoms with Gasteiger partial charge in [-0.05, 0) is 22.6 Å². The molecular weight excluding hydrogens is 172 g/mol. The Morgan fingerprint density at radius 1 is 1.29 bits per heavy atom. The van der Waals surface area contributed by atoms with E-state index in [1.807, 2.05) is 0 Å². The quantitative estimate of drug-likeness (QED) is 0.667. The summed E-state index contributed by atoms with van der Waals surface area (Å²) in [6.45, 7) is 6.62. The number of hydrogen-bond acceptors (Lipinski definition) is 2. The van der Waals surface area contributed by atoms with Crippen LogP contribution in [-0.4, -0.2) is 5.84 Å². The van der Waals surface area contributed by atoms with Crippen molar-refractivity contribution in [1.29, 1.82) is 0 Å². The lowest BCUT2D eigenvalue weighted by Crippen LogP contribution is -2.11.